The normalized spacial score (nSPS) is 22.5. The lowest BCUT2D eigenvalue weighted by Crippen LogP contribution is -2.35. The van der Waals surface area contributed by atoms with E-state index in [0.717, 1.165) is 31.1 Å². The molecule has 1 unspecified atom stereocenters. The number of hydrogen-bond donors (Lipinski definition) is 2. The van der Waals surface area contributed by atoms with Crippen molar-refractivity contribution in [2.45, 2.75) is 39.7 Å². The molecule has 0 amide bonds. The van der Waals surface area contributed by atoms with Gasteiger partial charge in [0.05, 0.1) is 6.54 Å². The molecule has 74 valence electrons. The molecule has 2 N–H and O–H groups in total. The summed E-state index contributed by atoms with van der Waals surface area (Å²) in [6, 6.07) is 0.434. The average Bonchev–Trinajstić information content (AvgIpc) is 2.49. The molecule has 0 spiro atoms. The van der Waals surface area contributed by atoms with Gasteiger partial charge in [-0.05, 0) is 20.3 Å². The highest BCUT2D eigenvalue weighted by atomic mass is 15.4. The molecule has 0 aromatic carbocycles. The summed E-state index contributed by atoms with van der Waals surface area (Å²) in [7, 11) is 0. The van der Waals surface area contributed by atoms with Crippen molar-refractivity contribution in [3.8, 4) is 0 Å². The molecule has 0 fully saturated rings. The summed E-state index contributed by atoms with van der Waals surface area (Å²) >= 11 is 0. The molecule has 13 heavy (non-hydrogen) atoms. The van der Waals surface area contributed by atoms with Gasteiger partial charge >= 0.3 is 0 Å². The largest absolute Gasteiger partial charge is 0.351 e. The highest BCUT2D eigenvalue weighted by Crippen LogP contribution is 1.93. The third-order valence-electron chi connectivity index (χ3n) is 1.87. The van der Waals surface area contributed by atoms with E-state index in [1.54, 1.807) is 0 Å². The van der Waals surface area contributed by atoms with Crippen LogP contribution in [0, 0.1) is 0 Å². The first-order valence-corrected chi connectivity index (χ1v) is 4.82. The van der Waals surface area contributed by atoms with Crippen LogP contribution in [0.1, 0.15) is 33.6 Å². The Kier molecular flexibility index (Phi) is 3.73. The highest BCUT2D eigenvalue weighted by molar-refractivity contribution is 5.86. The lowest BCUT2D eigenvalue weighted by Gasteiger charge is -2.05. The minimum Gasteiger partial charge on any atom is -0.351 e. The summed E-state index contributed by atoms with van der Waals surface area (Å²) in [5, 5.41) is 7.39. The van der Waals surface area contributed by atoms with Crippen LogP contribution < -0.4 is 10.7 Å². The van der Waals surface area contributed by atoms with Gasteiger partial charge in [-0.2, -0.15) is 5.10 Å². The molecular formula is C9H18N4. The molecule has 0 aliphatic carbocycles. The van der Waals surface area contributed by atoms with Crippen LogP contribution in [0.4, 0.5) is 0 Å². The lowest BCUT2D eigenvalue weighted by atomic mass is 10.2. The Morgan fingerprint density at radius 2 is 2.54 bits per heavy atom. The van der Waals surface area contributed by atoms with Gasteiger partial charge in [0.1, 0.15) is 0 Å². The fraction of sp³-hybridized carbons (Fsp3) is 0.778. The number of hydrazone groups is 1. The number of guanidine groups is 1. The van der Waals surface area contributed by atoms with Crippen molar-refractivity contribution in [1.29, 1.82) is 0 Å². The summed E-state index contributed by atoms with van der Waals surface area (Å²) in [6.07, 6.45) is 2.17. The van der Waals surface area contributed by atoms with Crippen molar-refractivity contribution in [3.63, 3.8) is 0 Å². The molecule has 0 aromatic rings. The maximum absolute atomic E-state index is 4.24. The number of aliphatic imine (C=N–C) groups is 1. The van der Waals surface area contributed by atoms with Gasteiger partial charge in [0.2, 0.25) is 5.96 Å². The van der Waals surface area contributed by atoms with Gasteiger partial charge in [-0.3, -0.25) is 0 Å². The summed E-state index contributed by atoms with van der Waals surface area (Å²) in [5.41, 5.74) is 4.04. The average molecular weight is 182 g/mol. The summed E-state index contributed by atoms with van der Waals surface area (Å²) in [5.74, 6) is 0.794. The summed E-state index contributed by atoms with van der Waals surface area (Å²) < 4.78 is 0. The van der Waals surface area contributed by atoms with Gasteiger partial charge in [-0.15, -0.1) is 0 Å². The van der Waals surface area contributed by atoms with Crippen molar-refractivity contribution in [2.24, 2.45) is 10.1 Å². The van der Waals surface area contributed by atoms with Crippen LogP contribution in [0.15, 0.2) is 10.1 Å². The van der Waals surface area contributed by atoms with Crippen LogP contribution >= 0.6 is 0 Å². The quantitative estimate of drug-likeness (QED) is 0.507. The van der Waals surface area contributed by atoms with E-state index in [0.29, 0.717) is 6.04 Å². The molecule has 1 aliphatic heterocycles. The Bertz CT molecular complexity index is 220. The Labute approximate surface area is 79.5 Å². The number of nitrogens with zero attached hydrogens (tertiary/aromatic N) is 2. The van der Waals surface area contributed by atoms with Gasteiger partial charge in [0.15, 0.2) is 0 Å². The third-order valence-corrected chi connectivity index (χ3v) is 1.87. The first kappa shape index (κ1) is 10.0. The topological polar surface area (TPSA) is 48.8 Å². The Morgan fingerprint density at radius 1 is 1.77 bits per heavy atom. The van der Waals surface area contributed by atoms with Crippen molar-refractivity contribution < 1.29 is 0 Å². The van der Waals surface area contributed by atoms with Crippen LogP contribution in [0.2, 0.25) is 0 Å². The van der Waals surface area contributed by atoms with Gasteiger partial charge in [-0.1, -0.05) is 13.3 Å². The molecule has 1 aliphatic rings. The third kappa shape index (κ3) is 3.44. The van der Waals surface area contributed by atoms with Crippen LogP contribution in [-0.2, 0) is 0 Å². The van der Waals surface area contributed by atoms with E-state index in [2.05, 4.69) is 34.7 Å². The summed E-state index contributed by atoms with van der Waals surface area (Å²) in [6.45, 7) is 7.10. The first-order chi connectivity index (χ1) is 6.22. The van der Waals surface area contributed by atoms with E-state index in [1.165, 1.54) is 0 Å². The molecule has 4 nitrogen and oxygen atoms in total. The summed E-state index contributed by atoms with van der Waals surface area (Å²) in [4.78, 5) is 4.24. The zero-order valence-electron chi connectivity index (χ0n) is 8.59. The van der Waals surface area contributed by atoms with Gasteiger partial charge in [0.25, 0.3) is 0 Å². The molecule has 1 atom stereocenters. The molecule has 1 rings (SSSR count). The monoisotopic (exact) mass is 182 g/mol. The maximum atomic E-state index is 4.24. The van der Waals surface area contributed by atoms with Crippen LogP contribution in [0.3, 0.4) is 0 Å². The minimum atomic E-state index is 0.434. The van der Waals surface area contributed by atoms with Crippen LogP contribution in [0.25, 0.3) is 0 Å². The smallest absolute Gasteiger partial charge is 0.212 e. The SMILES string of the molecule is CCC/C(C)=N/NC1=NCC(C)N1. The molecule has 0 saturated carbocycles. The molecule has 0 saturated heterocycles. The van der Waals surface area contributed by atoms with Gasteiger partial charge in [-0.25, -0.2) is 10.4 Å². The molecule has 0 aromatic heterocycles. The number of rotatable bonds is 3. The number of hydrogen-bond acceptors (Lipinski definition) is 4. The number of nitrogens with one attached hydrogen (secondary N) is 2. The fourth-order valence-corrected chi connectivity index (χ4v) is 1.19. The van der Waals surface area contributed by atoms with Crippen molar-refractivity contribution in [1.82, 2.24) is 10.7 Å². The zero-order chi connectivity index (χ0) is 9.68. The molecule has 0 radical (unpaired) electrons. The second-order valence-electron chi connectivity index (χ2n) is 3.44. The van der Waals surface area contributed by atoms with Gasteiger partial charge < -0.3 is 5.32 Å². The first-order valence-electron chi connectivity index (χ1n) is 4.82. The lowest BCUT2D eigenvalue weighted by molar-refractivity contribution is 0.716. The fourth-order valence-electron chi connectivity index (χ4n) is 1.19. The predicted molar refractivity (Wildman–Crippen MR) is 56.1 cm³/mol. The van der Waals surface area contributed by atoms with Gasteiger partial charge in [0, 0.05) is 11.8 Å². The molecular weight excluding hydrogens is 164 g/mol. The van der Waals surface area contributed by atoms with Crippen molar-refractivity contribution in [3.05, 3.63) is 0 Å². The highest BCUT2D eigenvalue weighted by Gasteiger charge is 2.10. The standard InChI is InChI=1S/C9H18N4/c1-4-5-7(2)12-13-9-10-6-8(3)11-9/h8H,4-6H2,1-3H3,(H2,10,11,13)/b12-7+. The molecule has 0 bridgehead atoms. The van der Waals surface area contributed by atoms with E-state index in [1.807, 2.05) is 6.92 Å². The van der Waals surface area contributed by atoms with E-state index in [4.69, 9.17) is 0 Å². The molecule has 1 heterocycles. The Hall–Kier alpha value is -1.06. The van der Waals surface area contributed by atoms with E-state index >= 15 is 0 Å². The Morgan fingerprint density at radius 3 is 3.08 bits per heavy atom. The van der Waals surface area contributed by atoms with Crippen LogP contribution in [0.5, 0.6) is 0 Å². The van der Waals surface area contributed by atoms with Crippen LogP contribution in [-0.4, -0.2) is 24.3 Å². The second kappa shape index (κ2) is 4.84. The van der Waals surface area contributed by atoms with Crippen molar-refractivity contribution >= 4 is 11.7 Å². The predicted octanol–water partition coefficient (Wildman–Crippen LogP) is 1.10. The molecule has 4 heteroatoms. The van der Waals surface area contributed by atoms with Crippen molar-refractivity contribution in [2.75, 3.05) is 6.54 Å². The van der Waals surface area contributed by atoms with E-state index in [9.17, 15) is 0 Å². The Balaban J connectivity index is 2.29. The maximum Gasteiger partial charge on any atom is 0.212 e. The second-order valence-corrected chi connectivity index (χ2v) is 3.44. The minimum absolute atomic E-state index is 0.434. The van der Waals surface area contributed by atoms with E-state index < -0.39 is 0 Å². The zero-order valence-corrected chi connectivity index (χ0v) is 8.59. The van der Waals surface area contributed by atoms with E-state index in [-0.39, 0.29) is 0 Å².